The van der Waals surface area contributed by atoms with Gasteiger partial charge in [0.15, 0.2) is 11.6 Å². The van der Waals surface area contributed by atoms with Crippen LogP contribution in [0.3, 0.4) is 0 Å². The number of halogens is 3. The first-order valence-corrected chi connectivity index (χ1v) is 6.51. The molecule has 0 bridgehead atoms. The van der Waals surface area contributed by atoms with Gasteiger partial charge in [0.1, 0.15) is 11.5 Å². The molecule has 0 radical (unpaired) electrons. The molecule has 4 heteroatoms. The Morgan fingerprint density at radius 1 is 1.06 bits per heavy atom. The molecular weight excluding hydrogens is 302 g/mol. The quantitative estimate of drug-likeness (QED) is 0.728. The zero-order valence-electron chi connectivity index (χ0n) is 9.71. The molecule has 0 aromatic heterocycles. The average molecular weight is 313 g/mol. The molecule has 1 nitrogen and oxygen atoms in total. The maximum absolute atomic E-state index is 13.2. The Balaban J connectivity index is 2.37. The van der Waals surface area contributed by atoms with E-state index in [2.05, 4.69) is 15.9 Å². The summed E-state index contributed by atoms with van der Waals surface area (Å²) in [5.74, 6) is -0.827. The lowest BCUT2D eigenvalue weighted by molar-refractivity contribution is 0.455. The number of ether oxygens (including phenoxy) is 1. The van der Waals surface area contributed by atoms with Gasteiger partial charge in [-0.3, -0.25) is 0 Å². The van der Waals surface area contributed by atoms with Gasteiger partial charge in [0, 0.05) is 17.0 Å². The third kappa shape index (κ3) is 2.70. The third-order valence-electron chi connectivity index (χ3n) is 2.55. The largest absolute Gasteiger partial charge is 0.457 e. The molecule has 0 atom stereocenters. The molecule has 0 fully saturated rings. The Bertz CT molecular complexity index is 570. The fourth-order valence-electron chi connectivity index (χ4n) is 1.57. The van der Waals surface area contributed by atoms with Crippen molar-refractivity contribution >= 4 is 15.9 Å². The van der Waals surface area contributed by atoms with Crippen LogP contribution < -0.4 is 4.74 Å². The van der Waals surface area contributed by atoms with E-state index in [1.54, 1.807) is 13.0 Å². The summed E-state index contributed by atoms with van der Waals surface area (Å²) in [5.41, 5.74) is 1.50. The Kier molecular flexibility index (Phi) is 3.97. The van der Waals surface area contributed by atoms with E-state index in [0.29, 0.717) is 22.4 Å². The van der Waals surface area contributed by atoms with Crippen molar-refractivity contribution in [3.05, 3.63) is 59.2 Å². The average Bonchev–Trinajstić information content (AvgIpc) is 2.36. The minimum atomic E-state index is -0.910. The van der Waals surface area contributed by atoms with Gasteiger partial charge < -0.3 is 4.74 Å². The van der Waals surface area contributed by atoms with E-state index in [-0.39, 0.29) is 0 Å². The Morgan fingerprint density at radius 3 is 2.44 bits per heavy atom. The smallest absolute Gasteiger partial charge is 0.162 e. The van der Waals surface area contributed by atoms with Gasteiger partial charge in [-0.1, -0.05) is 34.1 Å². The highest BCUT2D eigenvalue weighted by atomic mass is 79.9. The maximum atomic E-state index is 13.2. The zero-order chi connectivity index (χ0) is 13.1. The molecule has 18 heavy (non-hydrogen) atoms. The van der Waals surface area contributed by atoms with Crippen LogP contribution >= 0.6 is 15.9 Å². The SMILES string of the molecule is Cc1cc(F)c(F)cc1Oc1ccccc1CBr. The van der Waals surface area contributed by atoms with Gasteiger partial charge in [-0.2, -0.15) is 0 Å². The van der Waals surface area contributed by atoms with E-state index in [1.165, 1.54) is 0 Å². The first kappa shape index (κ1) is 13.0. The summed E-state index contributed by atoms with van der Waals surface area (Å²) in [4.78, 5) is 0. The second-order valence-electron chi connectivity index (χ2n) is 3.88. The lowest BCUT2D eigenvalue weighted by atomic mass is 10.2. The Hall–Kier alpha value is -1.42. The molecule has 2 rings (SSSR count). The molecule has 0 aliphatic carbocycles. The molecule has 0 aliphatic rings. The fourth-order valence-corrected chi connectivity index (χ4v) is 2.03. The molecule has 0 saturated heterocycles. The molecule has 0 unspecified atom stereocenters. The summed E-state index contributed by atoms with van der Waals surface area (Å²) in [6.45, 7) is 1.68. The molecular formula is C14H11BrF2O. The van der Waals surface area contributed by atoms with Crippen LogP contribution in [0.4, 0.5) is 8.78 Å². The third-order valence-corrected chi connectivity index (χ3v) is 3.16. The van der Waals surface area contributed by atoms with Crippen LogP contribution in [0, 0.1) is 18.6 Å². The second-order valence-corrected chi connectivity index (χ2v) is 4.44. The zero-order valence-corrected chi connectivity index (χ0v) is 11.3. The van der Waals surface area contributed by atoms with Crippen molar-refractivity contribution in [1.29, 1.82) is 0 Å². The van der Waals surface area contributed by atoms with Crippen LogP contribution in [-0.4, -0.2) is 0 Å². The predicted octanol–water partition coefficient (Wildman–Crippen LogP) is 4.96. The van der Waals surface area contributed by atoms with Crippen LogP contribution in [0.2, 0.25) is 0 Å². The standard InChI is InChI=1S/C14H11BrF2O/c1-9-6-11(16)12(17)7-14(9)18-13-5-3-2-4-10(13)8-15/h2-7H,8H2,1H3. The van der Waals surface area contributed by atoms with Gasteiger partial charge in [-0.25, -0.2) is 8.78 Å². The molecule has 0 saturated carbocycles. The van der Waals surface area contributed by atoms with Gasteiger partial charge >= 0.3 is 0 Å². The summed E-state index contributed by atoms with van der Waals surface area (Å²) in [6.07, 6.45) is 0. The highest BCUT2D eigenvalue weighted by Gasteiger charge is 2.10. The van der Waals surface area contributed by atoms with E-state index in [0.717, 1.165) is 17.7 Å². The Morgan fingerprint density at radius 2 is 1.72 bits per heavy atom. The van der Waals surface area contributed by atoms with E-state index >= 15 is 0 Å². The molecule has 2 aromatic rings. The number of rotatable bonds is 3. The molecule has 0 spiro atoms. The molecule has 2 aromatic carbocycles. The van der Waals surface area contributed by atoms with Crippen molar-refractivity contribution in [1.82, 2.24) is 0 Å². The normalized spacial score (nSPS) is 10.4. The first-order valence-electron chi connectivity index (χ1n) is 5.39. The molecule has 0 aliphatic heterocycles. The van der Waals surface area contributed by atoms with Gasteiger partial charge in [0.05, 0.1) is 0 Å². The molecule has 0 heterocycles. The topological polar surface area (TPSA) is 9.23 Å². The number of hydrogen-bond donors (Lipinski definition) is 0. The van der Waals surface area contributed by atoms with Crippen molar-refractivity contribution in [2.45, 2.75) is 12.3 Å². The van der Waals surface area contributed by atoms with Crippen molar-refractivity contribution in [2.24, 2.45) is 0 Å². The van der Waals surface area contributed by atoms with Gasteiger partial charge in [0.2, 0.25) is 0 Å². The van der Waals surface area contributed by atoms with E-state index in [4.69, 9.17) is 4.74 Å². The van der Waals surface area contributed by atoms with Crippen LogP contribution in [0.15, 0.2) is 36.4 Å². The summed E-state index contributed by atoms with van der Waals surface area (Å²) < 4.78 is 31.8. The first-order chi connectivity index (χ1) is 8.61. The highest BCUT2D eigenvalue weighted by molar-refractivity contribution is 9.08. The molecule has 0 amide bonds. The Labute approximate surface area is 113 Å². The second kappa shape index (κ2) is 5.48. The minimum Gasteiger partial charge on any atom is -0.457 e. The van der Waals surface area contributed by atoms with E-state index in [9.17, 15) is 8.78 Å². The number of benzene rings is 2. The number of aryl methyl sites for hydroxylation is 1. The van der Waals surface area contributed by atoms with Crippen LogP contribution in [-0.2, 0) is 5.33 Å². The predicted molar refractivity (Wildman–Crippen MR) is 70.2 cm³/mol. The molecule has 94 valence electrons. The summed E-state index contributed by atoms with van der Waals surface area (Å²) in [5, 5.41) is 0.631. The van der Waals surface area contributed by atoms with Crippen LogP contribution in [0.25, 0.3) is 0 Å². The van der Waals surface area contributed by atoms with Crippen LogP contribution in [0.1, 0.15) is 11.1 Å². The van der Waals surface area contributed by atoms with E-state index < -0.39 is 11.6 Å². The maximum Gasteiger partial charge on any atom is 0.162 e. The number of alkyl halides is 1. The number of hydrogen-bond acceptors (Lipinski definition) is 1. The van der Waals surface area contributed by atoms with Crippen LogP contribution in [0.5, 0.6) is 11.5 Å². The number of para-hydroxylation sites is 1. The summed E-state index contributed by atoms with van der Waals surface area (Å²) in [7, 11) is 0. The van der Waals surface area contributed by atoms with Crippen molar-refractivity contribution in [3.63, 3.8) is 0 Å². The van der Waals surface area contributed by atoms with Gasteiger partial charge in [-0.05, 0) is 24.6 Å². The van der Waals surface area contributed by atoms with Crippen molar-refractivity contribution in [3.8, 4) is 11.5 Å². The van der Waals surface area contributed by atoms with Gasteiger partial charge in [0.25, 0.3) is 0 Å². The summed E-state index contributed by atoms with van der Waals surface area (Å²) in [6, 6.07) is 9.60. The lowest BCUT2D eigenvalue weighted by Crippen LogP contribution is -1.94. The van der Waals surface area contributed by atoms with E-state index in [1.807, 2.05) is 18.2 Å². The molecule has 0 N–H and O–H groups in total. The fraction of sp³-hybridized carbons (Fsp3) is 0.143. The summed E-state index contributed by atoms with van der Waals surface area (Å²) >= 11 is 3.35. The lowest BCUT2D eigenvalue weighted by Gasteiger charge is -2.11. The monoisotopic (exact) mass is 312 g/mol. The van der Waals surface area contributed by atoms with Gasteiger partial charge in [-0.15, -0.1) is 0 Å². The van der Waals surface area contributed by atoms with Crippen molar-refractivity contribution in [2.75, 3.05) is 0 Å². The van der Waals surface area contributed by atoms with Crippen molar-refractivity contribution < 1.29 is 13.5 Å². The highest BCUT2D eigenvalue weighted by Crippen LogP contribution is 2.30. The minimum absolute atomic E-state index is 0.322.